The van der Waals surface area contributed by atoms with E-state index in [4.69, 9.17) is 23.7 Å². The van der Waals surface area contributed by atoms with Crippen LogP contribution in [0, 0.1) is 5.92 Å². The molecule has 0 aliphatic carbocycles. The van der Waals surface area contributed by atoms with Gasteiger partial charge < -0.3 is 23.7 Å². The third-order valence-corrected chi connectivity index (χ3v) is 2.86. The van der Waals surface area contributed by atoms with Gasteiger partial charge in [0.25, 0.3) is 0 Å². The van der Waals surface area contributed by atoms with Crippen molar-refractivity contribution < 1.29 is 28.5 Å². The van der Waals surface area contributed by atoms with Crippen molar-refractivity contribution in [1.29, 1.82) is 0 Å². The molecule has 0 heterocycles. The molecule has 0 spiro atoms. The topological polar surface area (TPSA) is 63.2 Å². The van der Waals surface area contributed by atoms with Crippen LogP contribution in [0.4, 0.5) is 0 Å². The third kappa shape index (κ3) is 17.5. The maximum absolute atomic E-state index is 11.4. The quantitative estimate of drug-likeness (QED) is 0.359. The summed E-state index contributed by atoms with van der Waals surface area (Å²) >= 11 is 0. The zero-order valence-corrected chi connectivity index (χ0v) is 15.4. The van der Waals surface area contributed by atoms with Crippen LogP contribution in [0.15, 0.2) is 0 Å². The van der Waals surface area contributed by atoms with E-state index in [-0.39, 0.29) is 12.6 Å². The minimum Gasteiger partial charge on any atom is -0.458 e. The lowest BCUT2D eigenvalue weighted by Gasteiger charge is -2.19. The zero-order chi connectivity index (χ0) is 17.6. The van der Waals surface area contributed by atoms with Crippen molar-refractivity contribution in [2.45, 2.75) is 46.6 Å². The Morgan fingerprint density at radius 3 is 1.83 bits per heavy atom. The van der Waals surface area contributed by atoms with Gasteiger partial charge in [0.05, 0.1) is 39.6 Å². The van der Waals surface area contributed by atoms with Gasteiger partial charge in [-0.2, -0.15) is 0 Å². The van der Waals surface area contributed by atoms with E-state index in [2.05, 4.69) is 13.8 Å². The molecule has 1 unspecified atom stereocenters. The van der Waals surface area contributed by atoms with Gasteiger partial charge in [0.15, 0.2) is 0 Å². The molecule has 0 saturated heterocycles. The Bertz CT molecular complexity index is 287. The summed E-state index contributed by atoms with van der Waals surface area (Å²) in [6.07, 6.45) is 1.13. The molecule has 1 atom stereocenters. The summed E-state index contributed by atoms with van der Waals surface area (Å²) in [6, 6.07) is 0. The van der Waals surface area contributed by atoms with Crippen molar-refractivity contribution in [1.82, 2.24) is 0 Å². The second-order valence-corrected chi connectivity index (χ2v) is 6.45. The molecule has 0 aliphatic heterocycles. The molecule has 0 saturated carbocycles. The van der Waals surface area contributed by atoms with Crippen molar-refractivity contribution in [2.75, 3.05) is 52.9 Å². The first-order valence-corrected chi connectivity index (χ1v) is 8.38. The average Bonchev–Trinajstić information content (AvgIpc) is 2.46. The van der Waals surface area contributed by atoms with E-state index in [0.717, 1.165) is 13.0 Å². The lowest BCUT2D eigenvalue weighted by atomic mass is 10.1. The molecule has 0 aliphatic rings. The van der Waals surface area contributed by atoms with Gasteiger partial charge in [-0.3, -0.25) is 0 Å². The van der Waals surface area contributed by atoms with Crippen LogP contribution in [-0.2, 0) is 28.5 Å². The van der Waals surface area contributed by atoms with Gasteiger partial charge in [-0.05, 0) is 26.7 Å². The van der Waals surface area contributed by atoms with E-state index in [9.17, 15) is 4.79 Å². The van der Waals surface area contributed by atoms with E-state index in [1.165, 1.54) is 0 Å². The highest BCUT2D eigenvalue weighted by molar-refractivity contribution is 5.71. The minimum absolute atomic E-state index is 0.0509. The van der Waals surface area contributed by atoms with E-state index >= 15 is 0 Å². The van der Waals surface area contributed by atoms with Crippen LogP contribution in [0.5, 0.6) is 0 Å². The van der Waals surface area contributed by atoms with Gasteiger partial charge >= 0.3 is 5.97 Å². The molecule has 6 nitrogen and oxygen atoms in total. The van der Waals surface area contributed by atoms with Crippen LogP contribution >= 0.6 is 0 Å². The first kappa shape index (κ1) is 22.3. The first-order chi connectivity index (χ1) is 10.8. The standard InChI is InChI=1S/C17H34O6/c1-6-15(2)13-21-11-9-19-7-8-20-10-12-22-14-16(18)23-17(3,4)5/h15H,6-14H2,1-5H3. The highest BCUT2D eigenvalue weighted by Crippen LogP contribution is 2.06. The van der Waals surface area contributed by atoms with Crippen molar-refractivity contribution in [3.63, 3.8) is 0 Å². The lowest BCUT2D eigenvalue weighted by Crippen LogP contribution is -2.27. The number of rotatable bonds is 14. The maximum Gasteiger partial charge on any atom is 0.332 e. The van der Waals surface area contributed by atoms with E-state index in [1.54, 1.807) is 0 Å². The molecule has 23 heavy (non-hydrogen) atoms. The first-order valence-electron chi connectivity index (χ1n) is 8.38. The summed E-state index contributed by atoms with van der Waals surface area (Å²) in [4.78, 5) is 11.4. The predicted molar refractivity (Wildman–Crippen MR) is 88.6 cm³/mol. The molecule has 138 valence electrons. The van der Waals surface area contributed by atoms with Gasteiger partial charge in [0.2, 0.25) is 0 Å². The second kappa shape index (κ2) is 13.7. The second-order valence-electron chi connectivity index (χ2n) is 6.45. The fourth-order valence-electron chi connectivity index (χ4n) is 1.49. The number of hydrogen-bond acceptors (Lipinski definition) is 6. The summed E-state index contributed by atoms with van der Waals surface area (Å²) in [5, 5.41) is 0. The minimum atomic E-state index is -0.480. The monoisotopic (exact) mass is 334 g/mol. The fraction of sp³-hybridized carbons (Fsp3) is 0.941. The number of hydrogen-bond donors (Lipinski definition) is 0. The summed E-state index contributed by atoms with van der Waals surface area (Å²) in [7, 11) is 0. The van der Waals surface area contributed by atoms with Crippen LogP contribution in [0.2, 0.25) is 0 Å². The molecule has 0 fully saturated rings. The number of esters is 1. The Hall–Kier alpha value is -0.690. The number of ether oxygens (including phenoxy) is 5. The molecule has 0 rings (SSSR count). The predicted octanol–water partition coefficient (Wildman–Crippen LogP) is 2.44. The van der Waals surface area contributed by atoms with Crippen LogP contribution < -0.4 is 0 Å². The Balaban J connectivity index is 3.21. The molecule has 0 aromatic heterocycles. The Labute approximate surface area is 140 Å². The summed E-state index contributed by atoms with van der Waals surface area (Å²) in [5.74, 6) is 0.234. The Morgan fingerprint density at radius 2 is 1.35 bits per heavy atom. The van der Waals surface area contributed by atoms with Crippen molar-refractivity contribution >= 4 is 5.97 Å². The molecular formula is C17H34O6. The van der Waals surface area contributed by atoms with Crippen LogP contribution in [-0.4, -0.2) is 64.4 Å². The van der Waals surface area contributed by atoms with Crippen LogP contribution in [0.3, 0.4) is 0 Å². The largest absolute Gasteiger partial charge is 0.458 e. The van der Waals surface area contributed by atoms with Crippen molar-refractivity contribution in [3.05, 3.63) is 0 Å². The van der Waals surface area contributed by atoms with Crippen molar-refractivity contribution in [2.24, 2.45) is 5.92 Å². The molecular weight excluding hydrogens is 300 g/mol. The number of carbonyl (C=O) groups is 1. The van der Waals surface area contributed by atoms with E-state index in [1.807, 2.05) is 20.8 Å². The fourth-order valence-corrected chi connectivity index (χ4v) is 1.49. The van der Waals surface area contributed by atoms with Crippen LogP contribution in [0.1, 0.15) is 41.0 Å². The Kier molecular flexibility index (Phi) is 13.3. The van der Waals surface area contributed by atoms with Gasteiger partial charge in [-0.1, -0.05) is 20.3 Å². The van der Waals surface area contributed by atoms with Gasteiger partial charge in [0.1, 0.15) is 12.2 Å². The molecule has 0 N–H and O–H groups in total. The van der Waals surface area contributed by atoms with Gasteiger partial charge in [-0.15, -0.1) is 0 Å². The molecule has 0 bridgehead atoms. The van der Waals surface area contributed by atoms with E-state index < -0.39 is 5.60 Å². The highest BCUT2D eigenvalue weighted by atomic mass is 16.6. The lowest BCUT2D eigenvalue weighted by molar-refractivity contribution is -0.160. The number of carbonyl (C=O) groups excluding carboxylic acids is 1. The highest BCUT2D eigenvalue weighted by Gasteiger charge is 2.15. The Morgan fingerprint density at radius 1 is 0.870 bits per heavy atom. The smallest absolute Gasteiger partial charge is 0.332 e. The summed E-state index contributed by atoms with van der Waals surface area (Å²) in [5.41, 5.74) is -0.480. The van der Waals surface area contributed by atoms with E-state index in [0.29, 0.717) is 45.6 Å². The SMILES string of the molecule is CCC(C)COCCOCCOCCOCC(=O)OC(C)(C)C. The zero-order valence-electron chi connectivity index (χ0n) is 15.4. The molecule has 0 amide bonds. The molecule has 0 aromatic rings. The van der Waals surface area contributed by atoms with Crippen molar-refractivity contribution in [3.8, 4) is 0 Å². The summed E-state index contributed by atoms with van der Waals surface area (Å²) in [6.45, 7) is 13.5. The average molecular weight is 334 g/mol. The van der Waals surface area contributed by atoms with Gasteiger partial charge in [0, 0.05) is 6.61 Å². The normalized spacial score (nSPS) is 13.1. The molecule has 0 aromatic carbocycles. The van der Waals surface area contributed by atoms with Crippen LogP contribution in [0.25, 0.3) is 0 Å². The molecule has 6 heteroatoms. The third-order valence-electron chi connectivity index (χ3n) is 2.86. The maximum atomic E-state index is 11.4. The van der Waals surface area contributed by atoms with Gasteiger partial charge in [-0.25, -0.2) is 4.79 Å². The molecule has 0 radical (unpaired) electrons. The summed E-state index contributed by atoms with van der Waals surface area (Å²) < 4.78 is 26.5.